The lowest BCUT2D eigenvalue weighted by molar-refractivity contribution is -0.123. The minimum Gasteiger partial charge on any atom is -0.497 e. The van der Waals surface area contributed by atoms with Crippen molar-refractivity contribution in [3.63, 3.8) is 0 Å². The molecule has 5 nitrogen and oxygen atoms in total. The summed E-state index contributed by atoms with van der Waals surface area (Å²) in [6.07, 6.45) is 0.701. The van der Waals surface area contributed by atoms with Crippen molar-refractivity contribution >= 4 is 11.7 Å². The van der Waals surface area contributed by atoms with Crippen LogP contribution in [0.25, 0.3) is 0 Å². The minimum absolute atomic E-state index is 0.153. The molecule has 1 heterocycles. The zero-order chi connectivity index (χ0) is 17.0. The number of rotatable bonds is 4. The Kier molecular flexibility index (Phi) is 5.01. The molecule has 0 fully saturated rings. The molecule has 1 atom stereocenters. The Bertz CT molecular complexity index is 675. The molecule has 2 aromatic rings. The molecule has 0 spiro atoms. The average Bonchev–Trinajstić information content (AvgIpc) is 2.54. The van der Waals surface area contributed by atoms with Gasteiger partial charge in [0.15, 0.2) is 0 Å². The molecule has 0 aliphatic heterocycles. The highest BCUT2D eigenvalue weighted by Gasteiger charge is 2.24. The van der Waals surface area contributed by atoms with Gasteiger partial charge in [0.25, 0.3) is 0 Å². The Balaban J connectivity index is 2.30. The van der Waals surface area contributed by atoms with Crippen molar-refractivity contribution in [1.29, 1.82) is 0 Å². The van der Waals surface area contributed by atoms with Crippen molar-refractivity contribution in [1.82, 2.24) is 4.98 Å². The fourth-order valence-corrected chi connectivity index (χ4v) is 2.00. The minimum atomic E-state index is -0.884. The molecular formula is C18H22N2O3. The van der Waals surface area contributed by atoms with E-state index in [1.54, 1.807) is 49.7 Å². The number of amides is 1. The van der Waals surface area contributed by atoms with Gasteiger partial charge in [0.2, 0.25) is 5.91 Å². The second-order valence-corrected chi connectivity index (χ2v) is 6.32. The van der Waals surface area contributed by atoms with Gasteiger partial charge in [-0.3, -0.25) is 4.79 Å². The van der Waals surface area contributed by atoms with E-state index in [1.165, 1.54) is 0 Å². The fraction of sp³-hybridized carbons (Fsp3) is 0.333. The number of benzene rings is 1. The van der Waals surface area contributed by atoms with Crippen LogP contribution in [0.5, 0.6) is 5.75 Å². The monoisotopic (exact) mass is 314 g/mol. The molecule has 122 valence electrons. The number of anilines is 1. The largest absolute Gasteiger partial charge is 0.497 e. The summed E-state index contributed by atoms with van der Waals surface area (Å²) in [6, 6.07) is 10.6. The summed E-state index contributed by atoms with van der Waals surface area (Å²) in [7, 11) is 1.59. The predicted octanol–water partition coefficient (Wildman–Crippen LogP) is 3.16. The summed E-state index contributed by atoms with van der Waals surface area (Å²) in [5, 5.41) is 13.4. The maximum atomic E-state index is 12.2. The lowest BCUT2D eigenvalue weighted by atomic mass is 9.95. The van der Waals surface area contributed by atoms with Gasteiger partial charge in [-0.1, -0.05) is 39.0 Å². The van der Waals surface area contributed by atoms with Crippen LogP contribution in [0.4, 0.5) is 5.82 Å². The first-order chi connectivity index (χ1) is 10.8. The van der Waals surface area contributed by atoms with E-state index in [-0.39, 0.29) is 5.91 Å². The Labute approximate surface area is 136 Å². The number of ether oxygens (including phenoxy) is 1. The van der Waals surface area contributed by atoms with E-state index in [1.807, 2.05) is 20.8 Å². The summed E-state index contributed by atoms with van der Waals surface area (Å²) < 4.78 is 5.12. The first kappa shape index (κ1) is 17.0. The third-order valence-corrected chi connectivity index (χ3v) is 3.48. The first-order valence-corrected chi connectivity index (χ1v) is 7.41. The molecule has 1 amide bonds. The predicted molar refractivity (Wildman–Crippen MR) is 89.4 cm³/mol. The van der Waals surface area contributed by atoms with Crippen LogP contribution in [-0.4, -0.2) is 23.1 Å². The van der Waals surface area contributed by atoms with E-state index in [4.69, 9.17) is 4.74 Å². The number of methoxy groups -OCH3 is 1. The van der Waals surface area contributed by atoms with Crippen LogP contribution < -0.4 is 10.1 Å². The Hall–Kier alpha value is -2.40. The zero-order valence-electron chi connectivity index (χ0n) is 13.8. The fourth-order valence-electron chi connectivity index (χ4n) is 2.00. The highest BCUT2D eigenvalue weighted by atomic mass is 16.5. The van der Waals surface area contributed by atoms with Crippen LogP contribution in [0.15, 0.2) is 42.6 Å². The van der Waals surface area contributed by atoms with E-state index in [0.717, 1.165) is 0 Å². The van der Waals surface area contributed by atoms with E-state index < -0.39 is 11.5 Å². The topological polar surface area (TPSA) is 71.5 Å². The third kappa shape index (κ3) is 4.07. The molecular weight excluding hydrogens is 292 g/mol. The van der Waals surface area contributed by atoms with E-state index in [9.17, 15) is 9.90 Å². The second kappa shape index (κ2) is 6.79. The maximum Gasteiger partial charge on any atom is 0.230 e. The molecule has 1 aromatic carbocycles. The van der Waals surface area contributed by atoms with Crippen LogP contribution in [0, 0.1) is 5.41 Å². The number of hydrogen-bond donors (Lipinski definition) is 2. The molecule has 5 heteroatoms. The lowest BCUT2D eigenvalue weighted by Crippen LogP contribution is -2.28. The molecule has 23 heavy (non-hydrogen) atoms. The standard InChI is InChI=1S/C18H22N2O3/c1-18(2,3)17(22)20-16-14(6-5-11-19-16)15(21)12-7-9-13(23-4)10-8-12/h5-11,15,21H,1-4H3,(H,19,20,22). The van der Waals surface area contributed by atoms with E-state index in [0.29, 0.717) is 22.7 Å². The smallest absolute Gasteiger partial charge is 0.230 e. The van der Waals surface area contributed by atoms with E-state index in [2.05, 4.69) is 10.3 Å². The number of carbonyl (C=O) groups excluding carboxylic acids is 1. The van der Waals surface area contributed by atoms with Crippen LogP contribution >= 0.6 is 0 Å². The quantitative estimate of drug-likeness (QED) is 0.909. The molecule has 0 saturated heterocycles. The second-order valence-electron chi connectivity index (χ2n) is 6.32. The maximum absolute atomic E-state index is 12.2. The normalized spacial score (nSPS) is 12.6. The highest BCUT2D eigenvalue weighted by molar-refractivity contribution is 5.94. The summed E-state index contributed by atoms with van der Waals surface area (Å²) in [6.45, 7) is 5.47. The van der Waals surface area contributed by atoms with Crippen LogP contribution in [0.2, 0.25) is 0 Å². The van der Waals surface area contributed by atoms with Gasteiger partial charge in [0.1, 0.15) is 17.7 Å². The Morgan fingerprint density at radius 1 is 1.22 bits per heavy atom. The molecule has 0 aliphatic carbocycles. The van der Waals surface area contributed by atoms with Crippen molar-refractivity contribution in [2.24, 2.45) is 5.41 Å². The van der Waals surface area contributed by atoms with Gasteiger partial charge in [-0.25, -0.2) is 4.98 Å². The number of aliphatic hydroxyl groups excluding tert-OH is 1. The van der Waals surface area contributed by atoms with Gasteiger partial charge >= 0.3 is 0 Å². The SMILES string of the molecule is COc1ccc(C(O)c2cccnc2NC(=O)C(C)(C)C)cc1. The number of nitrogens with one attached hydrogen (secondary N) is 1. The van der Waals surface area contributed by atoms with Crippen molar-refractivity contribution in [3.8, 4) is 5.75 Å². The number of aromatic nitrogens is 1. The number of pyridine rings is 1. The highest BCUT2D eigenvalue weighted by Crippen LogP contribution is 2.29. The summed E-state index contributed by atoms with van der Waals surface area (Å²) in [5.74, 6) is 0.934. The molecule has 0 aliphatic rings. The van der Waals surface area contributed by atoms with Crippen molar-refractivity contribution in [2.45, 2.75) is 26.9 Å². The molecule has 2 rings (SSSR count). The van der Waals surface area contributed by atoms with Gasteiger partial charge in [0, 0.05) is 17.2 Å². The van der Waals surface area contributed by atoms with Gasteiger partial charge in [-0.05, 0) is 23.8 Å². The van der Waals surface area contributed by atoms with Crippen molar-refractivity contribution in [2.75, 3.05) is 12.4 Å². The summed E-state index contributed by atoms with van der Waals surface area (Å²) in [4.78, 5) is 16.4. The van der Waals surface area contributed by atoms with Crippen LogP contribution in [-0.2, 0) is 4.79 Å². The number of aliphatic hydroxyl groups is 1. The number of hydrogen-bond acceptors (Lipinski definition) is 4. The third-order valence-electron chi connectivity index (χ3n) is 3.48. The summed E-state index contributed by atoms with van der Waals surface area (Å²) in [5.41, 5.74) is 0.708. The molecule has 0 bridgehead atoms. The first-order valence-electron chi connectivity index (χ1n) is 7.41. The molecule has 0 saturated carbocycles. The van der Waals surface area contributed by atoms with Crippen molar-refractivity contribution in [3.05, 3.63) is 53.7 Å². The summed E-state index contributed by atoms with van der Waals surface area (Å²) >= 11 is 0. The van der Waals surface area contributed by atoms with Gasteiger partial charge in [-0.15, -0.1) is 0 Å². The van der Waals surface area contributed by atoms with Crippen molar-refractivity contribution < 1.29 is 14.6 Å². The Morgan fingerprint density at radius 2 is 1.87 bits per heavy atom. The van der Waals surface area contributed by atoms with Crippen LogP contribution in [0.1, 0.15) is 38.0 Å². The zero-order valence-corrected chi connectivity index (χ0v) is 13.8. The molecule has 2 N–H and O–H groups in total. The van der Waals surface area contributed by atoms with E-state index >= 15 is 0 Å². The number of carbonyl (C=O) groups is 1. The number of nitrogens with zero attached hydrogens (tertiary/aromatic N) is 1. The lowest BCUT2D eigenvalue weighted by Gasteiger charge is -2.20. The van der Waals surface area contributed by atoms with Gasteiger partial charge in [0.05, 0.1) is 7.11 Å². The molecule has 1 aromatic heterocycles. The van der Waals surface area contributed by atoms with Crippen LogP contribution in [0.3, 0.4) is 0 Å². The molecule has 1 unspecified atom stereocenters. The van der Waals surface area contributed by atoms with Gasteiger partial charge < -0.3 is 15.2 Å². The van der Waals surface area contributed by atoms with Gasteiger partial charge in [-0.2, -0.15) is 0 Å². The average molecular weight is 314 g/mol. The Morgan fingerprint density at radius 3 is 2.43 bits per heavy atom. The molecule has 0 radical (unpaired) electrons.